The lowest BCUT2D eigenvalue weighted by Crippen LogP contribution is -2.46. The van der Waals surface area contributed by atoms with Crippen LogP contribution in [0.1, 0.15) is 29.9 Å². The summed E-state index contributed by atoms with van der Waals surface area (Å²) >= 11 is 0. The van der Waals surface area contributed by atoms with Gasteiger partial charge in [-0.3, -0.25) is 10.2 Å². The monoisotopic (exact) mass is 342 g/mol. The van der Waals surface area contributed by atoms with Gasteiger partial charge >= 0.3 is 12.0 Å². The first kappa shape index (κ1) is 17.5. The van der Waals surface area contributed by atoms with Crippen LogP contribution in [0.2, 0.25) is 0 Å². The summed E-state index contributed by atoms with van der Waals surface area (Å²) in [7, 11) is 1.84. The molecule has 2 aromatic rings. The van der Waals surface area contributed by atoms with Crippen molar-refractivity contribution in [3.05, 3.63) is 47.3 Å². The molecule has 1 aromatic carbocycles. The molecule has 6 nitrogen and oxygen atoms in total. The molecule has 0 spiro atoms. The number of hydrogen-bond donors (Lipinski definition) is 1. The lowest BCUT2D eigenvalue weighted by atomic mass is 10.0. The van der Waals surface area contributed by atoms with Crippen molar-refractivity contribution in [2.24, 2.45) is 0 Å². The minimum atomic E-state index is -0.164. The van der Waals surface area contributed by atoms with Crippen molar-refractivity contribution in [2.45, 2.75) is 39.3 Å². The summed E-state index contributed by atoms with van der Waals surface area (Å²) < 4.78 is 5.43. The molecule has 0 atom stereocenters. The fraction of sp³-hybridized carbons (Fsp3) is 0.474. The number of piperidine rings is 1. The van der Waals surface area contributed by atoms with E-state index in [-0.39, 0.29) is 18.1 Å². The van der Waals surface area contributed by atoms with Crippen LogP contribution in [0.5, 0.6) is 0 Å². The Morgan fingerprint density at radius 3 is 2.56 bits per heavy atom. The maximum absolute atomic E-state index is 12.4. The maximum atomic E-state index is 12.4. The van der Waals surface area contributed by atoms with Gasteiger partial charge in [-0.2, -0.15) is 4.98 Å². The Morgan fingerprint density at radius 1 is 1.28 bits per heavy atom. The second-order valence-corrected chi connectivity index (χ2v) is 6.69. The van der Waals surface area contributed by atoms with Crippen LogP contribution in [0.15, 0.2) is 34.7 Å². The first-order valence-electron chi connectivity index (χ1n) is 8.77. The second kappa shape index (κ2) is 7.70. The standard InChI is InChI=1S/C19H26N4O2/c1-14-15(2)25-18(20-14)21-19(24)22(3)17-9-11-23(12-10-17)13-16-7-5-4-6-8-16/h4-8,17H,9-13H2,1-3H3,(H,20,21,24). The van der Waals surface area contributed by atoms with Crippen LogP contribution < -0.4 is 5.32 Å². The smallest absolute Gasteiger partial charge is 0.325 e. The van der Waals surface area contributed by atoms with Gasteiger partial charge in [0.15, 0.2) is 0 Å². The second-order valence-electron chi connectivity index (χ2n) is 6.69. The first-order chi connectivity index (χ1) is 12.0. The molecule has 1 N–H and O–H groups in total. The van der Waals surface area contributed by atoms with Crippen LogP contribution >= 0.6 is 0 Å². The highest BCUT2D eigenvalue weighted by atomic mass is 16.4. The summed E-state index contributed by atoms with van der Waals surface area (Å²) in [6.45, 7) is 6.66. The lowest BCUT2D eigenvalue weighted by Gasteiger charge is -2.36. The Hall–Kier alpha value is -2.34. The number of oxazole rings is 1. The van der Waals surface area contributed by atoms with Crippen LogP contribution in [0.4, 0.5) is 10.8 Å². The Balaban J connectivity index is 1.49. The molecular weight excluding hydrogens is 316 g/mol. The van der Waals surface area contributed by atoms with Gasteiger partial charge in [0.1, 0.15) is 5.76 Å². The zero-order chi connectivity index (χ0) is 17.8. The number of anilines is 1. The Morgan fingerprint density at radius 2 is 1.96 bits per heavy atom. The SMILES string of the molecule is Cc1nc(NC(=O)N(C)C2CCN(Cc3ccccc3)CC2)oc1C. The Kier molecular flexibility index (Phi) is 5.38. The lowest BCUT2D eigenvalue weighted by molar-refractivity contribution is 0.137. The molecule has 3 rings (SSSR count). The third kappa shape index (κ3) is 4.39. The number of carbonyl (C=O) groups excluding carboxylic acids is 1. The number of aryl methyl sites for hydroxylation is 2. The number of likely N-dealkylation sites (tertiary alicyclic amines) is 1. The average Bonchev–Trinajstić information content (AvgIpc) is 2.93. The Bertz CT molecular complexity index is 686. The number of benzene rings is 1. The minimum absolute atomic E-state index is 0.164. The molecular formula is C19H26N4O2. The molecule has 1 aliphatic heterocycles. The van der Waals surface area contributed by atoms with Crippen molar-refractivity contribution in [3.8, 4) is 0 Å². The molecule has 0 saturated carbocycles. The van der Waals surface area contributed by atoms with Crippen molar-refractivity contribution in [1.29, 1.82) is 0 Å². The summed E-state index contributed by atoms with van der Waals surface area (Å²) in [6, 6.07) is 10.9. The van der Waals surface area contributed by atoms with Crippen LogP contribution in [0, 0.1) is 13.8 Å². The van der Waals surface area contributed by atoms with Gasteiger partial charge in [-0.15, -0.1) is 0 Å². The van der Waals surface area contributed by atoms with Gasteiger partial charge in [-0.05, 0) is 32.3 Å². The fourth-order valence-electron chi connectivity index (χ4n) is 3.18. The van der Waals surface area contributed by atoms with Crippen LogP contribution in [0.3, 0.4) is 0 Å². The van der Waals surface area contributed by atoms with E-state index in [2.05, 4.69) is 39.5 Å². The molecule has 1 aliphatic rings. The van der Waals surface area contributed by atoms with E-state index in [9.17, 15) is 4.79 Å². The zero-order valence-corrected chi connectivity index (χ0v) is 15.2. The van der Waals surface area contributed by atoms with Crippen LogP contribution in [0.25, 0.3) is 0 Å². The predicted molar refractivity (Wildman–Crippen MR) is 97.5 cm³/mol. The summed E-state index contributed by atoms with van der Waals surface area (Å²) in [5.41, 5.74) is 2.13. The summed E-state index contributed by atoms with van der Waals surface area (Å²) in [6.07, 6.45) is 1.95. The van der Waals surface area contributed by atoms with E-state index in [0.29, 0.717) is 0 Å². The molecule has 0 radical (unpaired) electrons. The number of amides is 2. The molecule has 134 valence electrons. The molecule has 25 heavy (non-hydrogen) atoms. The number of hydrogen-bond acceptors (Lipinski definition) is 4. The Labute approximate surface area is 148 Å². The number of aromatic nitrogens is 1. The van der Waals surface area contributed by atoms with Gasteiger partial charge in [0.2, 0.25) is 0 Å². The van der Waals surface area contributed by atoms with E-state index in [1.807, 2.05) is 27.0 Å². The topological polar surface area (TPSA) is 61.6 Å². The predicted octanol–water partition coefficient (Wildman–Crippen LogP) is 3.42. The molecule has 6 heteroatoms. The third-order valence-corrected chi connectivity index (χ3v) is 4.92. The minimum Gasteiger partial charge on any atom is -0.428 e. The van der Waals surface area contributed by atoms with Crippen molar-refractivity contribution in [2.75, 3.05) is 25.5 Å². The van der Waals surface area contributed by atoms with E-state index in [0.717, 1.165) is 43.9 Å². The molecule has 0 aliphatic carbocycles. The number of carbonyl (C=O) groups is 1. The molecule has 1 saturated heterocycles. The maximum Gasteiger partial charge on any atom is 0.325 e. The van der Waals surface area contributed by atoms with E-state index in [1.54, 1.807) is 4.90 Å². The molecule has 0 unspecified atom stereocenters. The first-order valence-corrected chi connectivity index (χ1v) is 8.77. The van der Waals surface area contributed by atoms with Gasteiger partial charge in [0, 0.05) is 32.7 Å². The zero-order valence-electron chi connectivity index (χ0n) is 15.2. The summed E-state index contributed by atoms with van der Waals surface area (Å²) in [5, 5.41) is 2.75. The molecule has 1 aromatic heterocycles. The van der Waals surface area contributed by atoms with Gasteiger partial charge in [0.05, 0.1) is 5.69 Å². The van der Waals surface area contributed by atoms with Gasteiger partial charge in [0.25, 0.3) is 0 Å². The fourth-order valence-corrected chi connectivity index (χ4v) is 3.18. The van der Waals surface area contributed by atoms with Gasteiger partial charge in [-0.1, -0.05) is 30.3 Å². The van der Waals surface area contributed by atoms with Crippen LogP contribution in [-0.4, -0.2) is 47.0 Å². The highest BCUT2D eigenvalue weighted by Gasteiger charge is 2.26. The molecule has 0 bridgehead atoms. The van der Waals surface area contributed by atoms with E-state index in [1.165, 1.54) is 5.56 Å². The van der Waals surface area contributed by atoms with Crippen molar-refractivity contribution in [3.63, 3.8) is 0 Å². The largest absolute Gasteiger partial charge is 0.428 e. The highest BCUT2D eigenvalue weighted by molar-refractivity contribution is 5.87. The van der Waals surface area contributed by atoms with E-state index >= 15 is 0 Å². The third-order valence-electron chi connectivity index (χ3n) is 4.92. The number of nitrogens with zero attached hydrogens (tertiary/aromatic N) is 3. The number of rotatable bonds is 4. The summed E-state index contributed by atoms with van der Waals surface area (Å²) in [4.78, 5) is 20.8. The summed E-state index contributed by atoms with van der Waals surface area (Å²) in [5.74, 6) is 0.729. The van der Waals surface area contributed by atoms with Gasteiger partial charge < -0.3 is 9.32 Å². The van der Waals surface area contributed by atoms with E-state index < -0.39 is 0 Å². The molecule has 2 amide bonds. The highest BCUT2D eigenvalue weighted by Crippen LogP contribution is 2.19. The number of urea groups is 1. The van der Waals surface area contributed by atoms with Gasteiger partial charge in [-0.25, -0.2) is 4.79 Å². The number of nitrogens with one attached hydrogen (secondary N) is 1. The quantitative estimate of drug-likeness (QED) is 0.925. The average molecular weight is 342 g/mol. The van der Waals surface area contributed by atoms with E-state index in [4.69, 9.17) is 4.42 Å². The molecule has 1 fully saturated rings. The molecule has 2 heterocycles. The van der Waals surface area contributed by atoms with Crippen molar-refractivity contribution in [1.82, 2.24) is 14.8 Å². The normalized spacial score (nSPS) is 16.0. The van der Waals surface area contributed by atoms with Crippen LogP contribution in [-0.2, 0) is 6.54 Å². The van der Waals surface area contributed by atoms with Crippen molar-refractivity contribution >= 4 is 12.0 Å². The van der Waals surface area contributed by atoms with Crippen molar-refractivity contribution < 1.29 is 9.21 Å².